The summed E-state index contributed by atoms with van der Waals surface area (Å²) in [5.41, 5.74) is 0.931. The molecule has 0 spiro atoms. The van der Waals surface area contributed by atoms with Gasteiger partial charge in [-0.15, -0.1) is 5.06 Å². The molecule has 31 heavy (non-hydrogen) atoms. The fraction of sp³-hybridized carbons (Fsp3) is 0.524. The molecule has 10 nitrogen and oxygen atoms in total. The van der Waals surface area contributed by atoms with Gasteiger partial charge in [-0.3, -0.25) is 9.59 Å². The first-order valence-electron chi connectivity index (χ1n) is 10.5. The number of ether oxygens (including phenoxy) is 1. The predicted molar refractivity (Wildman–Crippen MR) is 109 cm³/mol. The van der Waals surface area contributed by atoms with Gasteiger partial charge in [0.2, 0.25) is 0 Å². The maximum atomic E-state index is 12.0. The summed E-state index contributed by atoms with van der Waals surface area (Å²) in [4.78, 5) is 54.0. The minimum absolute atomic E-state index is 0.0678. The quantitative estimate of drug-likeness (QED) is 0.628. The smallest absolute Gasteiger partial charge is 0.432 e. The van der Waals surface area contributed by atoms with E-state index in [0.717, 1.165) is 31.5 Å². The molecule has 2 aliphatic heterocycles. The summed E-state index contributed by atoms with van der Waals surface area (Å²) in [7, 11) is 0. The standard InChI is InChI=1S/C21H28N4O6/c26-18-8-9-19(27)25(18)31-21(29)23-17-7-4-12-24(13-10-17)14-11-22-20(28)30-15-16-5-2-1-3-6-16/h1-3,5-6,17H,4,7-15H2,(H,22,28)(H,23,29)/t17-/m0/s1. The number of carbonyl (C=O) groups excluding carboxylic acids is 4. The molecule has 0 aliphatic carbocycles. The van der Waals surface area contributed by atoms with Crippen molar-refractivity contribution in [2.45, 2.75) is 44.8 Å². The van der Waals surface area contributed by atoms with E-state index >= 15 is 0 Å². The average molecular weight is 432 g/mol. The van der Waals surface area contributed by atoms with Crippen molar-refractivity contribution in [3.63, 3.8) is 0 Å². The Labute approximate surface area is 180 Å². The highest BCUT2D eigenvalue weighted by molar-refractivity contribution is 6.01. The van der Waals surface area contributed by atoms with Crippen LogP contribution in [0.1, 0.15) is 37.7 Å². The lowest BCUT2D eigenvalue weighted by atomic mass is 10.1. The van der Waals surface area contributed by atoms with E-state index in [1.165, 1.54) is 0 Å². The van der Waals surface area contributed by atoms with Crippen LogP contribution in [-0.4, -0.2) is 66.2 Å². The van der Waals surface area contributed by atoms with Crippen LogP contribution in [0.25, 0.3) is 0 Å². The van der Waals surface area contributed by atoms with Crippen LogP contribution in [0.4, 0.5) is 9.59 Å². The number of nitrogens with zero attached hydrogens (tertiary/aromatic N) is 2. The molecular formula is C21H28N4O6. The lowest BCUT2D eigenvalue weighted by molar-refractivity contribution is -0.171. The minimum atomic E-state index is -0.787. The third kappa shape index (κ3) is 7.25. The van der Waals surface area contributed by atoms with Gasteiger partial charge in [0.05, 0.1) is 0 Å². The largest absolute Gasteiger partial charge is 0.445 e. The Balaban J connectivity index is 1.30. The maximum Gasteiger partial charge on any atom is 0.432 e. The van der Waals surface area contributed by atoms with Crippen molar-refractivity contribution in [1.82, 2.24) is 20.6 Å². The zero-order valence-electron chi connectivity index (χ0n) is 17.4. The molecule has 2 fully saturated rings. The number of amides is 4. The van der Waals surface area contributed by atoms with E-state index in [-0.39, 0.29) is 25.5 Å². The van der Waals surface area contributed by atoms with Gasteiger partial charge >= 0.3 is 12.2 Å². The number of rotatable bonds is 7. The molecular weight excluding hydrogens is 404 g/mol. The van der Waals surface area contributed by atoms with Gasteiger partial charge in [-0.2, -0.15) is 0 Å². The van der Waals surface area contributed by atoms with Crippen LogP contribution in [0.3, 0.4) is 0 Å². The summed E-state index contributed by atoms with van der Waals surface area (Å²) in [6, 6.07) is 9.38. The molecule has 168 valence electrons. The van der Waals surface area contributed by atoms with Crippen LogP contribution in [0, 0.1) is 0 Å². The molecule has 4 amide bonds. The topological polar surface area (TPSA) is 117 Å². The Morgan fingerprint density at radius 2 is 1.74 bits per heavy atom. The van der Waals surface area contributed by atoms with Crippen molar-refractivity contribution in [3.8, 4) is 0 Å². The van der Waals surface area contributed by atoms with Crippen molar-refractivity contribution in [1.29, 1.82) is 0 Å². The normalized spacial score (nSPS) is 19.6. The number of hydrogen-bond acceptors (Lipinski definition) is 7. The summed E-state index contributed by atoms with van der Waals surface area (Å²) in [5, 5.41) is 6.02. The number of imide groups is 1. The molecule has 0 radical (unpaired) electrons. The Kier molecular flexibility index (Phi) is 8.22. The molecule has 1 aromatic carbocycles. The Morgan fingerprint density at radius 1 is 1.00 bits per heavy atom. The number of hydroxylamine groups is 2. The minimum Gasteiger partial charge on any atom is -0.445 e. The Hall–Kier alpha value is -3.14. The first-order valence-corrected chi connectivity index (χ1v) is 10.5. The highest BCUT2D eigenvalue weighted by Crippen LogP contribution is 2.14. The second-order valence-electron chi connectivity index (χ2n) is 7.56. The van der Waals surface area contributed by atoms with Gasteiger partial charge in [-0.05, 0) is 31.4 Å². The summed E-state index contributed by atoms with van der Waals surface area (Å²) in [5.74, 6) is -0.996. The van der Waals surface area contributed by atoms with Gasteiger partial charge in [0.15, 0.2) is 0 Å². The van der Waals surface area contributed by atoms with Crippen LogP contribution >= 0.6 is 0 Å². The second-order valence-corrected chi connectivity index (χ2v) is 7.56. The number of alkyl carbamates (subject to hydrolysis) is 1. The van der Waals surface area contributed by atoms with Gasteiger partial charge in [0.25, 0.3) is 11.8 Å². The fourth-order valence-corrected chi connectivity index (χ4v) is 3.55. The van der Waals surface area contributed by atoms with Crippen LogP contribution in [0.5, 0.6) is 0 Å². The Bertz CT molecular complexity index is 771. The molecule has 0 saturated carbocycles. The van der Waals surface area contributed by atoms with Gasteiger partial charge in [0.1, 0.15) is 6.61 Å². The van der Waals surface area contributed by atoms with Gasteiger partial charge < -0.3 is 25.1 Å². The van der Waals surface area contributed by atoms with Crippen LogP contribution < -0.4 is 10.6 Å². The summed E-state index contributed by atoms with van der Waals surface area (Å²) < 4.78 is 5.19. The van der Waals surface area contributed by atoms with Crippen molar-refractivity contribution in [3.05, 3.63) is 35.9 Å². The van der Waals surface area contributed by atoms with Gasteiger partial charge in [-0.25, -0.2) is 9.59 Å². The molecule has 3 rings (SSSR count). The maximum absolute atomic E-state index is 12.0. The van der Waals surface area contributed by atoms with E-state index in [2.05, 4.69) is 15.5 Å². The third-order valence-corrected chi connectivity index (χ3v) is 5.23. The number of likely N-dealkylation sites (tertiary alicyclic amines) is 1. The lowest BCUT2D eigenvalue weighted by Gasteiger charge is -2.21. The highest BCUT2D eigenvalue weighted by atomic mass is 16.7. The molecule has 10 heteroatoms. The first kappa shape index (κ1) is 22.5. The SMILES string of the molecule is O=C(NCCN1CCC[C@H](NC(=O)ON2C(=O)CCC2=O)CC1)OCc1ccccc1. The van der Waals surface area contributed by atoms with E-state index in [9.17, 15) is 19.2 Å². The monoisotopic (exact) mass is 432 g/mol. The van der Waals surface area contributed by atoms with Crippen molar-refractivity contribution >= 4 is 24.0 Å². The summed E-state index contributed by atoms with van der Waals surface area (Å²) in [6.07, 6.45) is 1.23. The van der Waals surface area contributed by atoms with Crippen molar-refractivity contribution in [2.75, 3.05) is 26.2 Å². The van der Waals surface area contributed by atoms with E-state index in [1.54, 1.807) is 0 Å². The predicted octanol–water partition coefficient (Wildman–Crippen LogP) is 1.56. The third-order valence-electron chi connectivity index (χ3n) is 5.23. The van der Waals surface area contributed by atoms with E-state index in [0.29, 0.717) is 24.6 Å². The summed E-state index contributed by atoms with van der Waals surface area (Å²) in [6.45, 7) is 2.96. The van der Waals surface area contributed by atoms with Gasteiger partial charge in [0, 0.05) is 38.5 Å². The van der Waals surface area contributed by atoms with Gasteiger partial charge in [-0.1, -0.05) is 30.3 Å². The summed E-state index contributed by atoms with van der Waals surface area (Å²) >= 11 is 0. The van der Waals surface area contributed by atoms with Crippen LogP contribution in [0.2, 0.25) is 0 Å². The molecule has 0 bridgehead atoms. The highest BCUT2D eigenvalue weighted by Gasteiger charge is 2.33. The number of nitrogens with one attached hydrogen (secondary N) is 2. The van der Waals surface area contributed by atoms with E-state index in [4.69, 9.17) is 9.57 Å². The fourth-order valence-electron chi connectivity index (χ4n) is 3.55. The number of carbonyl (C=O) groups is 4. The van der Waals surface area contributed by atoms with E-state index < -0.39 is 24.0 Å². The molecule has 0 unspecified atom stereocenters. The Morgan fingerprint density at radius 3 is 2.48 bits per heavy atom. The molecule has 0 aromatic heterocycles. The molecule has 2 N–H and O–H groups in total. The number of benzene rings is 1. The van der Waals surface area contributed by atoms with E-state index in [1.807, 2.05) is 30.3 Å². The molecule has 2 heterocycles. The molecule has 1 atom stereocenters. The molecule has 2 saturated heterocycles. The molecule has 2 aliphatic rings. The lowest BCUT2D eigenvalue weighted by Crippen LogP contribution is -2.42. The number of hydrogen-bond donors (Lipinski definition) is 2. The van der Waals surface area contributed by atoms with Crippen LogP contribution in [0.15, 0.2) is 30.3 Å². The van der Waals surface area contributed by atoms with Crippen molar-refractivity contribution in [2.24, 2.45) is 0 Å². The molecule has 1 aromatic rings. The zero-order valence-corrected chi connectivity index (χ0v) is 17.4. The van der Waals surface area contributed by atoms with Crippen molar-refractivity contribution < 1.29 is 28.8 Å². The average Bonchev–Trinajstić information content (AvgIpc) is 2.94. The first-order chi connectivity index (χ1) is 15.0. The zero-order chi connectivity index (χ0) is 22.1. The van der Waals surface area contributed by atoms with Crippen LogP contribution in [-0.2, 0) is 25.8 Å². The second kappa shape index (κ2) is 11.3.